The van der Waals surface area contributed by atoms with E-state index in [-0.39, 0.29) is 18.4 Å². The maximum atomic E-state index is 10.2. The lowest BCUT2D eigenvalue weighted by Gasteiger charge is -2.16. The number of hydrogen-bond donors (Lipinski definition) is 2. The summed E-state index contributed by atoms with van der Waals surface area (Å²) in [5.41, 5.74) is 0. The molecule has 12 heavy (non-hydrogen) atoms. The topological polar surface area (TPSA) is 66.8 Å². The molecule has 1 fully saturated rings. The molecule has 2 N–H and O–H groups in total. The number of rotatable bonds is 4. The van der Waals surface area contributed by atoms with Crippen molar-refractivity contribution in [3.63, 3.8) is 0 Å². The van der Waals surface area contributed by atoms with Crippen LogP contribution in [0.2, 0.25) is 0 Å². The van der Waals surface area contributed by atoms with Crippen LogP contribution in [-0.2, 0) is 9.53 Å². The molecule has 0 bridgehead atoms. The predicted molar refractivity (Wildman–Crippen MR) is 41.3 cm³/mol. The van der Waals surface area contributed by atoms with E-state index in [2.05, 4.69) is 0 Å². The van der Waals surface area contributed by atoms with Crippen LogP contribution in [0.5, 0.6) is 0 Å². The van der Waals surface area contributed by atoms with Gasteiger partial charge < -0.3 is 19.7 Å². The van der Waals surface area contributed by atoms with Crippen LogP contribution < -0.4 is 0 Å². The van der Waals surface area contributed by atoms with Gasteiger partial charge in [-0.3, -0.25) is 0 Å². The lowest BCUT2D eigenvalue weighted by molar-refractivity contribution is -0.109. The Hall–Kier alpha value is -0.450. The molecule has 0 aromatic heterocycles. The zero-order chi connectivity index (χ0) is 8.97. The minimum atomic E-state index is -0.712. The first kappa shape index (κ1) is 9.64. The molecule has 4 heteroatoms. The average molecular weight is 174 g/mol. The molecule has 0 saturated carbocycles. The molecule has 0 spiro atoms. The van der Waals surface area contributed by atoms with Crippen molar-refractivity contribution >= 4 is 6.29 Å². The van der Waals surface area contributed by atoms with Gasteiger partial charge >= 0.3 is 0 Å². The third-order valence-corrected chi connectivity index (χ3v) is 2.31. The quantitative estimate of drug-likeness (QED) is 0.566. The maximum Gasteiger partial charge on any atom is 0.154 e. The predicted octanol–water partition coefficient (Wildman–Crippen LogP) is -0.461. The molecule has 0 aliphatic carbocycles. The summed E-state index contributed by atoms with van der Waals surface area (Å²) in [6.45, 7) is 0.430. The van der Waals surface area contributed by atoms with Crippen molar-refractivity contribution < 1.29 is 19.7 Å². The van der Waals surface area contributed by atoms with Crippen molar-refractivity contribution in [3.8, 4) is 0 Å². The second-order valence-corrected chi connectivity index (χ2v) is 3.13. The number of carbonyl (C=O) groups is 1. The van der Waals surface area contributed by atoms with Crippen molar-refractivity contribution in [1.82, 2.24) is 0 Å². The Morgan fingerprint density at radius 3 is 2.83 bits per heavy atom. The minimum Gasteiger partial charge on any atom is -0.396 e. The molecule has 0 aromatic carbocycles. The molecule has 1 rings (SSSR count). The Morgan fingerprint density at radius 2 is 2.42 bits per heavy atom. The van der Waals surface area contributed by atoms with E-state index >= 15 is 0 Å². The van der Waals surface area contributed by atoms with Gasteiger partial charge in [0.15, 0.2) is 6.29 Å². The zero-order valence-electron chi connectivity index (χ0n) is 6.85. The van der Waals surface area contributed by atoms with Gasteiger partial charge in [-0.25, -0.2) is 0 Å². The Labute approximate surface area is 71.2 Å². The van der Waals surface area contributed by atoms with E-state index in [0.29, 0.717) is 19.4 Å². The first-order chi connectivity index (χ1) is 5.77. The number of ether oxygens (including phenoxy) is 1. The largest absolute Gasteiger partial charge is 0.396 e. The van der Waals surface area contributed by atoms with Gasteiger partial charge in [-0.05, 0) is 11.8 Å². The standard InChI is InChI=1S/C8H14O4/c9-2-1-6(4-10)7-3-8(11)12-5-7/h2,6-8,10-11H,1,3-5H2/t6-,7+,8?/m1/s1. The van der Waals surface area contributed by atoms with Crippen molar-refractivity contribution in [2.45, 2.75) is 19.1 Å². The number of aliphatic hydroxyl groups excluding tert-OH is 2. The Bertz CT molecular complexity index is 148. The first-order valence-electron chi connectivity index (χ1n) is 4.12. The molecule has 0 aromatic rings. The summed E-state index contributed by atoms with van der Waals surface area (Å²) in [4.78, 5) is 10.2. The molecule has 1 unspecified atom stereocenters. The number of hydrogen-bond acceptors (Lipinski definition) is 4. The van der Waals surface area contributed by atoms with Gasteiger partial charge in [-0.15, -0.1) is 0 Å². The van der Waals surface area contributed by atoms with E-state index in [4.69, 9.17) is 14.9 Å². The Balaban J connectivity index is 2.38. The molecule has 4 nitrogen and oxygen atoms in total. The van der Waals surface area contributed by atoms with E-state index in [9.17, 15) is 4.79 Å². The van der Waals surface area contributed by atoms with Crippen LogP contribution in [-0.4, -0.2) is 36.0 Å². The highest BCUT2D eigenvalue weighted by atomic mass is 16.6. The third kappa shape index (κ3) is 2.27. The summed E-state index contributed by atoms with van der Waals surface area (Å²) in [7, 11) is 0. The van der Waals surface area contributed by atoms with Gasteiger partial charge in [0, 0.05) is 19.4 Å². The number of carbonyl (C=O) groups excluding carboxylic acids is 1. The van der Waals surface area contributed by atoms with Crippen LogP contribution in [0, 0.1) is 11.8 Å². The summed E-state index contributed by atoms with van der Waals surface area (Å²) in [6, 6.07) is 0. The zero-order valence-corrected chi connectivity index (χ0v) is 6.85. The second kappa shape index (κ2) is 4.54. The fraction of sp³-hybridized carbons (Fsp3) is 0.875. The Kier molecular flexibility index (Phi) is 3.65. The molecule has 0 amide bonds. The van der Waals surface area contributed by atoms with Crippen molar-refractivity contribution in [2.24, 2.45) is 11.8 Å². The Morgan fingerprint density at radius 1 is 1.67 bits per heavy atom. The molecule has 70 valence electrons. The van der Waals surface area contributed by atoms with E-state index in [0.717, 1.165) is 6.29 Å². The molecule has 1 heterocycles. The highest BCUT2D eigenvalue weighted by molar-refractivity contribution is 5.49. The average Bonchev–Trinajstić information content (AvgIpc) is 2.47. The van der Waals surface area contributed by atoms with Crippen LogP contribution in [0.3, 0.4) is 0 Å². The van der Waals surface area contributed by atoms with E-state index in [1.165, 1.54) is 0 Å². The van der Waals surface area contributed by atoms with Crippen LogP contribution in [0.25, 0.3) is 0 Å². The lowest BCUT2D eigenvalue weighted by atomic mass is 9.90. The highest BCUT2D eigenvalue weighted by Gasteiger charge is 2.29. The SMILES string of the molecule is O=CC[C@H](CO)[C@@H]1COC(O)C1. The lowest BCUT2D eigenvalue weighted by Crippen LogP contribution is -2.19. The summed E-state index contributed by atoms with van der Waals surface area (Å²) >= 11 is 0. The van der Waals surface area contributed by atoms with E-state index in [1.807, 2.05) is 0 Å². The van der Waals surface area contributed by atoms with Crippen molar-refractivity contribution in [3.05, 3.63) is 0 Å². The fourth-order valence-electron chi connectivity index (χ4n) is 1.50. The molecular formula is C8H14O4. The molecule has 1 saturated heterocycles. The van der Waals surface area contributed by atoms with E-state index in [1.54, 1.807) is 0 Å². The summed E-state index contributed by atoms with van der Waals surface area (Å²) in [5.74, 6) is 0.0647. The number of aldehydes is 1. The van der Waals surface area contributed by atoms with Gasteiger partial charge in [0.25, 0.3) is 0 Å². The molecular weight excluding hydrogens is 160 g/mol. The van der Waals surface area contributed by atoms with Crippen molar-refractivity contribution in [2.75, 3.05) is 13.2 Å². The molecule has 0 radical (unpaired) electrons. The normalized spacial score (nSPS) is 31.8. The monoisotopic (exact) mass is 174 g/mol. The second-order valence-electron chi connectivity index (χ2n) is 3.13. The van der Waals surface area contributed by atoms with E-state index < -0.39 is 6.29 Å². The molecule has 1 aliphatic heterocycles. The van der Waals surface area contributed by atoms with Gasteiger partial charge in [0.1, 0.15) is 6.29 Å². The van der Waals surface area contributed by atoms with Crippen LogP contribution in [0.15, 0.2) is 0 Å². The van der Waals surface area contributed by atoms with Crippen LogP contribution in [0.4, 0.5) is 0 Å². The minimum absolute atomic E-state index is 0.0144. The van der Waals surface area contributed by atoms with Crippen LogP contribution >= 0.6 is 0 Å². The summed E-state index contributed by atoms with van der Waals surface area (Å²) in [5, 5.41) is 17.9. The summed E-state index contributed by atoms with van der Waals surface area (Å²) in [6.07, 6.45) is 0.956. The maximum absolute atomic E-state index is 10.2. The van der Waals surface area contributed by atoms with Gasteiger partial charge in [-0.1, -0.05) is 0 Å². The third-order valence-electron chi connectivity index (χ3n) is 2.31. The summed E-state index contributed by atoms with van der Waals surface area (Å²) < 4.78 is 4.92. The van der Waals surface area contributed by atoms with Gasteiger partial charge in [0.05, 0.1) is 6.61 Å². The molecule has 1 aliphatic rings. The van der Waals surface area contributed by atoms with Crippen molar-refractivity contribution in [1.29, 1.82) is 0 Å². The molecule has 3 atom stereocenters. The number of aliphatic hydroxyl groups is 2. The van der Waals surface area contributed by atoms with Gasteiger partial charge in [0.2, 0.25) is 0 Å². The van der Waals surface area contributed by atoms with Crippen LogP contribution in [0.1, 0.15) is 12.8 Å². The smallest absolute Gasteiger partial charge is 0.154 e. The highest BCUT2D eigenvalue weighted by Crippen LogP contribution is 2.26. The fourth-order valence-corrected chi connectivity index (χ4v) is 1.50. The first-order valence-corrected chi connectivity index (χ1v) is 4.12. The van der Waals surface area contributed by atoms with Gasteiger partial charge in [-0.2, -0.15) is 0 Å².